The Labute approximate surface area is 124 Å². The van der Waals surface area contributed by atoms with Crippen molar-refractivity contribution in [2.75, 3.05) is 29.1 Å². The van der Waals surface area contributed by atoms with Crippen molar-refractivity contribution < 1.29 is 13.2 Å². The number of benzene rings is 1. The molecule has 20 heavy (non-hydrogen) atoms. The largest absolute Gasteiger partial charge is 0.416 e. The third kappa shape index (κ3) is 4.00. The molecule has 1 aromatic rings. The number of alkyl halides is 3. The molecule has 1 heterocycles. The predicted octanol–water partition coefficient (Wildman–Crippen LogP) is 3.84. The Bertz CT molecular complexity index is 505. The number of thioether (sulfide) groups is 2. The van der Waals surface area contributed by atoms with Crippen molar-refractivity contribution in [1.82, 2.24) is 0 Å². The van der Waals surface area contributed by atoms with Gasteiger partial charge in [-0.15, -0.1) is 0 Å². The average Bonchev–Trinajstić information content (AvgIpc) is 2.45. The molecule has 0 aromatic heterocycles. The van der Waals surface area contributed by atoms with Crippen molar-refractivity contribution >= 4 is 29.2 Å². The van der Waals surface area contributed by atoms with Crippen LogP contribution in [0.3, 0.4) is 0 Å². The van der Waals surface area contributed by atoms with Crippen molar-refractivity contribution in [3.63, 3.8) is 0 Å². The van der Waals surface area contributed by atoms with Gasteiger partial charge in [-0.1, -0.05) is 0 Å². The molecule has 1 atom stereocenters. The van der Waals surface area contributed by atoms with Gasteiger partial charge in [0.05, 0.1) is 16.8 Å². The summed E-state index contributed by atoms with van der Waals surface area (Å²) in [6.07, 6.45) is -4.42. The molecule has 0 spiro atoms. The van der Waals surface area contributed by atoms with Gasteiger partial charge < -0.3 is 5.32 Å². The Hall–Kier alpha value is -1.00. The number of nitriles is 1. The topological polar surface area (TPSA) is 35.8 Å². The van der Waals surface area contributed by atoms with Crippen molar-refractivity contribution in [2.45, 2.75) is 11.4 Å². The van der Waals surface area contributed by atoms with Crippen LogP contribution in [-0.2, 0) is 6.18 Å². The lowest BCUT2D eigenvalue weighted by Crippen LogP contribution is -2.23. The Balaban J connectivity index is 2.06. The Kier molecular flexibility index (Phi) is 5.11. The second-order valence-electron chi connectivity index (χ2n) is 4.32. The van der Waals surface area contributed by atoms with E-state index < -0.39 is 11.7 Å². The lowest BCUT2D eigenvalue weighted by atomic mass is 10.1. The summed E-state index contributed by atoms with van der Waals surface area (Å²) in [7, 11) is 0. The van der Waals surface area contributed by atoms with E-state index in [1.54, 1.807) is 0 Å². The van der Waals surface area contributed by atoms with E-state index in [-0.39, 0.29) is 5.56 Å². The summed E-state index contributed by atoms with van der Waals surface area (Å²) in [5.41, 5.74) is -0.285. The maximum Gasteiger partial charge on any atom is 0.416 e. The lowest BCUT2D eigenvalue weighted by molar-refractivity contribution is -0.137. The van der Waals surface area contributed by atoms with Gasteiger partial charge in [-0.25, -0.2) is 0 Å². The lowest BCUT2D eigenvalue weighted by Gasteiger charge is -2.22. The molecule has 1 N–H and O–H groups in total. The number of hydrogen-bond acceptors (Lipinski definition) is 4. The zero-order chi connectivity index (χ0) is 14.6. The smallest absolute Gasteiger partial charge is 0.383 e. The van der Waals surface area contributed by atoms with Gasteiger partial charge in [-0.3, -0.25) is 0 Å². The molecule has 1 aliphatic heterocycles. The fourth-order valence-corrected chi connectivity index (χ4v) is 4.46. The van der Waals surface area contributed by atoms with E-state index >= 15 is 0 Å². The quantitative estimate of drug-likeness (QED) is 0.918. The molecule has 1 saturated heterocycles. The zero-order valence-electron chi connectivity index (χ0n) is 10.5. The van der Waals surface area contributed by atoms with Crippen molar-refractivity contribution in [2.24, 2.45) is 0 Å². The predicted molar refractivity (Wildman–Crippen MR) is 78.2 cm³/mol. The van der Waals surface area contributed by atoms with Crippen LogP contribution in [0.15, 0.2) is 18.2 Å². The van der Waals surface area contributed by atoms with E-state index in [0.29, 0.717) is 17.5 Å². The highest BCUT2D eigenvalue weighted by molar-refractivity contribution is 8.06. The number of anilines is 1. The first-order valence-electron chi connectivity index (χ1n) is 6.05. The Morgan fingerprint density at radius 1 is 1.35 bits per heavy atom. The highest BCUT2D eigenvalue weighted by Crippen LogP contribution is 2.32. The molecule has 0 radical (unpaired) electrons. The van der Waals surface area contributed by atoms with Crippen molar-refractivity contribution in [3.05, 3.63) is 29.3 Å². The molecule has 7 heteroatoms. The molecular formula is C13H13F3N2S2. The Morgan fingerprint density at radius 3 is 2.75 bits per heavy atom. The van der Waals surface area contributed by atoms with Crippen LogP contribution in [-0.4, -0.2) is 29.1 Å². The van der Waals surface area contributed by atoms with Gasteiger partial charge in [-0.2, -0.15) is 42.0 Å². The van der Waals surface area contributed by atoms with Gasteiger partial charge >= 0.3 is 6.18 Å². The molecule has 2 nitrogen and oxygen atoms in total. The molecule has 0 bridgehead atoms. The highest BCUT2D eigenvalue weighted by Gasteiger charge is 2.31. The summed E-state index contributed by atoms with van der Waals surface area (Å²) in [4.78, 5) is 0. The normalized spacial score (nSPS) is 19.4. The molecule has 1 aromatic carbocycles. The Morgan fingerprint density at radius 2 is 2.15 bits per heavy atom. The monoisotopic (exact) mass is 318 g/mol. The maximum absolute atomic E-state index is 12.6. The molecule has 1 aliphatic rings. The summed E-state index contributed by atoms with van der Waals surface area (Å²) in [6, 6.07) is 5.06. The minimum Gasteiger partial charge on any atom is -0.383 e. The molecule has 0 aliphatic carbocycles. The molecule has 108 valence electrons. The van der Waals surface area contributed by atoms with Crippen LogP contribution in [0.2, 0.25) is 0 Å². The van der Waals surface area contributed by atoms with Crippen molar-refractivity contribution in [3.8, 4) is 6.07 Å². The minimum atomic E-state index is -4.42. The third-order valence-corrected chi connectivity index (χ3v) is 5.72. The van der Waals surface area contributed by atoms with E-state index in [0.717, 1.165) is 29.4 Å². The van der Waals surface area contributed by atoms with Crippen LogP contribution in [0.4, 0.5) is 18.9 Å². The highest BCUT2D eigenvalue weighted by atomic mass is 32.2. The summed E-state index contributed by atoms with van der Waals surface area (Å²) < 4.78 is 37.7. The number of nitrogens with one attached hydrogen (secondary N) is 1. The fourth-order valence-electron chi connectivity index (χ4n) is 1.85. The average molecular weight is 318 g/mol. The molecule has 1 fully saturated rings. The standard InChI is InChI=1S/C13H13F3N2S2/c14-13(15,16)10-1-2-12(9(5-10)6-17)18-7-11-8-19-3-4-20-11/h1-2,5,11,18H,3-4,7-8H2. The van der Waals surface area contributed by atoms with Gasteiger partial charge in [0.15, 0.2) is 0 Å². The van der Waals surface area contributed by atoms with E-state index in [1.807, 2.05) is 29.6 Å². The molecular weight excluding hydrogens is 305 g/mol. The molecule has 2 rings (SSSR count). The summed E-state index contributed by atoms with van der Waals surface area (Å²) in [5.74, 6) is 3.26. The van der Waals surface area contributed by atoms with Crippen LogP contribution in [0.25, 0.3) is 0 Å². The van der Waals surface area contributed by atoms with Gasteiger partial charge in [0.2, 0.25) is 0 Å². The fraction of sp³-hybridized carbons (Fsp3) is 0.462. The summed E-state index contributed by atoms with van der Waals surface area (Å²) >= 11 is 3.74. The molecule has 1 unspecified atom stereocenters. The van der Waals surface area contributed by atoms with Gasteiger partial charge in [-0.05, 0) is 18.2 Å². The first-order valence-corrected chi connectivity index (χ1v) is 8.25. The second-order valence-corrected chi connectivity index (χ2v) is 6.88. The van der Waals surface area contributed by atoms with Crippen LogP contribution < -0.4 is 5.32 Å². The maximum atomic E-state index is 12.6. The SMILES string of the molecule is N#Cc1cc(C(F)(F)F)ccc1NCC1CSCCS1. The number of rotatable bonds is 3. The van der Waals surface area contributed by atoms with Crippen LogP contribution in [0, 0.1) is 11.3 Å². The van der Waals surface area contributed by atoms with Gasteiger partial charge in [0, 0.05) is 29.1 Å². The number of nitrogens with zero attached hydrogens (tertiary/aromatic N) is 1. The number of halogens is 3. The third-order valence-electron chi connectivity index (χ3n) is 2.87. The van der Waals surface area contributed by atoms with E-state index in [9.17, 15) is 13.2 Å². The van der Waals surface area contributed by atoms with Crippen molar-refractivity contribution in [1.29, 1.82) is 5.26 Å². The first kappa shape index (κ1) is 15.4. The summed E-state index contributed by atoms with van der Waals surface area (Å²) in [6.45, 7) is 0.664. The molecule has 0 amide bonds. The van der Waals surface area contributed by atoms with E-state index in [1.165, 1.54) is 6.07 Å². The second kappa shape index (κ2) is 6.64. The van der Waals surface area contributed by atoms with Crippen LogP contribution in [0.1, 0.15) is 11.1 Å². The van der Waals surface area contributed by atoms with E-state index in [2.05, 4.69) is 5.32 Å². The zero-order valence-corrected chi connectivity index (χ0v) is 12.2. The first-order chi connectivity index (χ1) is 9.50. The summed E-state index contributed by atoms with van der Waals surface area (Å²) in [5, 5.41) is 12.5. The molecule has 0 saturated carbocycles. The van der Waals surface area contributed by atoms with E-state index in [4.69, 9.17) is 5.26 Å². The number of hydrogen-bond donors (Lipinski definition) is 1. The van der Waals surface area contributed by atoms with Crippen LogP contribution in [0.5, 0.6) is 0 Å². The van der Waals surface area contributed by atoms with Gasteiger partial charge in [0.1, 0.15) is 6.07 Å². The van der Waals surface area contributed by atoms with Gasteiger partial charge in [0.25, 0.3) is 0 Å². The minimum absolute atomic E-state index is 0.0355. The van der Waals surface area contributed by atoms with Crippen LogP contribution >= 0.6 is 23.5 Å².